The van der Waals surface area contributed by atoms with Crippen molar-refractivity contribution in [2.45, 2.75) is 13.8 Å². The van der Waals surface area contributed by atoms with Crippen LogP contribution in [0.4, 0.5) is 11.6 Å². The maximum Gasteiger partial charge on any atom is 0.248 e. The molecule has 0 atom stereocenters. The fraction of sp³-hybridized carbons (Fsp3) is 0.118. The highest BCUT2D eigenvalue weighted by atomic mass is 32.1. The van der Waals surface area contributed by atoms with Crippen molar-refractivity contribution in [3.05, 3.63) is 59.4 Å². The number of carbonyl (C=O) groups is 2. The Morgan fingerprint density at radius 2 is 1.64 bits per heavy atom. The molecule has 1 heterocycles. The third-order valence-corrected chi connectivity index (χ3v) is 3.33. The van der Waals surface area contributed by atoms with E-state index in [1.165, 1.54) is 0 Å². The zero-order valence-electron chi connectivity index (χ0n) is 13.6. The zero-order valence-corrected chi connectivity index (χ0v) is 14.4. The minimum Gasteiger partial charge on any atom is -0.545 e. The maximum atomic E-state index is 11.5. The summed E-state index contributed by atoms with van der Waals surface area (Å²) >= 11 is 5.33. The van der Waals surface area contributed by atoms with Crippen LogP contribution in [0.5, 0.6) is 0 Å². The Morgan fingerprint density at radius 3 is 2.20 bits per heavy atom. The quantitative estimate of drug-likeness (QED) is 0.611. The van der Waals surface area contributed by atoms with Crippen LogP contribution < -0.4 is 15.7 Å². The van der Waals surface area contributed by atoms with E-state index in [4.69, 9.17) is 12.2 Å². The summed E-state index contributed by atoms with van der Waals surface area (Å²) in [6, 6.07) is 8.60. The number of anilines is 2. The molecule has 1 aromatic carbocycles. The molecule has 0 saturated carbocycles. The molecular weight excluding hydrogens is 340 g/mol. The summed E-state index contributed by atoms with van der Waals surface area (Å²) in [6.45, 7) is 3.74. The molecule has 0 aliphatic rings. The van der Waals surface area contributed by atoms with Crippen molar-refractivity contribution in [3.63, 3.8) is 0 Å². The Hall–Kier alpha value is -3.13. The fourth-order valence-corrected chi connectivity index (χ4v) is 2.22. The fourth-order valence-electron chi connectivity index (χ4n) is 1.99. The van der Waals surface area contributed by atoms with Crippen molar-refractivity contribution in [2.24, 2.45) is 0 Å². The SMILES string of the molecule is Cc1cc(C)nc(NC(=S)c2ccc(NC(=O)/C=C/C(=O)[O-])cc2)n1. The first-order chi connectivity index (χ1) is 11.8. The molecule has 7 nitrogen and oxygen atoms in total. The number of nitrogens with one attached hydrogen (secondary N) is 2. The standard InChI is InChI=1S/C17H16N4O3S/c1-10-9-11(2)19-17(18-10)21-16(25)12-3-5-13(6-4-12)20-14(22)7-8-15(23)24/h3-9H,1-2H3,(H,20,22)(H,23,24)(H,18,19,21,25)/p-1/b8-7+. The largest absolute Gasteiger partial charge is 0.545 e. The van der Waals surface area contributed by atoms with Crippen LogP contribution in [-0.4, -0.2) is 26.8 Å². The molecule has 2 N–H and O–H groups in total. The lowest BCUT2D eigenvalue weighted by Crippen LogP contribution is -2.20. The summed E-state index contributed by atoms with van der Waals surface area (Å²) < 4.78 is 0. The summed E-state index contributed by atoms with van der Waals surface area (Å²) in [5.74, 6) is -1.58. The average molecular weight is 355 g/mol. The van der Waals surface area contributed by atoms with E-state index in [1.54, 1.807) is 24.3 Å². The van der Waals surface area contributed by atoms with E-state index < -0.39 is 11.9 Å². The lowest BCUT2D eigenvalue weighted by atomic mass is 10.2. The smallest absolute Gasteiger partial charge is 0.248 e. The lowest BCUT2D eigenvalue weighted by Gasteiger charge is -2.09. The third kappa shape index (κ3) is 5.78. The van der Waals surface area contributed by atoms with Crippen LogP contribution in [0.1, 0.15) is 17.0 Å². The first-order valence-corrected chi connectivity index (χ1v) is 7.68. The Morgan fingerprint density at radius 1 is 1.04 bits per heavy atom. The van der Waals surface area contributed by atoms with Crippen LogP contribution in [0, 0.1) is 13.8 Å². The van der Waals surface area contributed by atoms with Gasteiger partial charge in [-0.3, -0.25) is 4.79 Å². The molecule has 0 saturated heterocycles. The van der Waals surface area contributed by atoms with Crippen LogP contribution in [0.3, 0.4) is 0 Å². The highest BCUT2D eigenvalue weighted by Crippen LogP contribution is 2.12. The van der Waals surface area contributed by atoms with Crippen LogP contribution in [0.15, 0.2) is 42.5 Å². The van der Waals surface area contributed by atoms with Crippen molar-refractivity contribution >= 4 is 40.7 Å². The topological polar surface area (TPSA) is 107 Å². The van der Waals surface area contributed by atoms with Gasteiger partial charge in [-0.2, -0.15) is 0 Å². The van der Waals surface area contributed by atoms with Crippen molar-refractivity contribution in [3.8, 4) is 0 Å². The second-order valence-electron chi connectivity index (χ2n) is 5.15. The maximum absolute atomic E-state index is 11.5. The van der Waals surface area contributed by atoms with Gasteiger partial charge in [-0.05, 0) is 50.3 Å². The van der Waals surface area contributed by atoms with Gasteiger partial charge in [-0.1, -0.05) is 12.2 Å². The number of aryl methyl sites for hydroxylation is 2. The summed E-state index contributed by atoms with van der Waals surface area (Å²) in [7, 11) is 0. The molecule has 25 heavy (non-hydrogen) atoms. The van der Waals surface area contributed by atoms with E-state index in [1.807, 2.05) is 19.9 Å². The Bertz CT molecular complexity index is 827. The number of nitrogens with zero attached hydrogens (tertiary/aromatic N) is 2. The molecule has 1 aromatic heterocycles. The normalized spacial score (nSPS) is 10.5. The average Bonchev–Trinajstić information content (AvgIpc) is 2.52. The number of amides is 1. The molecule has 2 aromatic rings. The van der Waals surface area contributed by atoms with Gasteiger partial charge < -0.3 is 20.5 Å². The van der Waals surface area contributed by atoms with E-state index in [0.29, 0.717) is 22.7 Å². The molecule has 0 fully saturated rings. The molecule has 0 spiro atoms. The molecule has 2 rings (SSSR count). The van der Waals surface area contributed by atoms with Crippen LogP contribution >= 0.6 is 12.2 Å². The van der Waals surface area contributed by atoms with Gasteiger partial charge in [0.1, 0.15) is 4.99 Å². The lowest BCUT2D eigenvalue weighted by molar-refractivity contribution is -0.297. The van der Waals surface area contributed by atoms with Gasteiger partial charge in [0, 0.05) is 28.7 Å². The minimum atomic E-state index is -1.43. The highest BCUT2D eigenvalue weighted by molar-refractivity contribution is 7.81. The van der Waals surface area contributed by atoms with Crippen LogP contribution in [0.2, 0.25) is 0 Å². The van der Waals surface area contributed by atoms with E-state index in [2.05, 4.69) is 20.6 Å². The first kappa shape index (κ1) is 18.2. The van der Waals surface area contributed by atoms with Gasteiger partial charge in [0.05, 0.1) is 5.97 Å². The molecule has 0 aliphatic carbocycles. The highest BCUT2D eigenvalue weighted by Gasteiger charge is 2.06. The predicted octanol–water partition coefficient (Wildman–Crippen LogP) is 1.13. The van der Waals surface area contributed by atoms with Gasteiger partial charge in [0.2, 0.25) is 11.9 Å². The molecule has 0 unspecified atom stereocenters. The van der Waals surface area contributed by atoms with E-state index in [0.717, 1.165) is 23.0 Å². The number of hydrogen-bond donors (Lipinski definition) is 2. The van der Waals surface area contributed by atoms with E-state index in [-0.39, 0.29) is 0 Å². The van der Waals surface area contributed by atoms with E-state index in [9.17, 15) is 14.7 Å². The Kier molecular flexibility index (Phi) is 5.91. The van der Waals surface area contributed by atoms with Gasteiger partial charge in [0.25, 0.3) is 0 Å². The summed E-state index contributed by atoms with van der Waals surface area (Å²) in [6.07, 6.45) is 1.54. The monoisotopic (exact) mass is 355 g/mol. The number of carbonyl (C=O) groups excluding carboxylic acids is 2. The molecule has 0 radical (unpaired) electrons. The number of hydrogen-bond acceptors (Lipinski definition) is 6. The number of benzene rings is 1. The number of aliphatic carboxylic acids is 1. The first-order valence-electron chi connectivity index (χ1n) is 7.27. The predicted molar refractivity (Wildman–Crippen MR) is 96.0 cm³/mol. The minimum absolute atomic E-state index is 0.423. The molecular formula is C17H15N4O3S-. The van der Waals surface area contributed by atoms with E-state index >= 15 is 0 Å². The number of thiocarbonyl (C=S) groups is 1. The second kappa shape index (κ2) is 8.11. The Labute approximate surface area is 149 Å². The Balaban J connectivity index is 2.02. The number of rotatable bonds is 5. The zero-order chi connectivity index (χ0) is 18.4. The summed E-state index contributed by atoms with van der Waals surface area (Å²) in [5, 5.41) is 15.8. The van der Waals surface area contributed by atoms with Gasteiger partial charge in [-0.25, -0.2) is 9.97 Å². The molecule has 8 heteroatoms. The third-order valence-electron chi connectivity index (χ3n) is 2.99. The number of carboxylic acid groups (broad SMARTS) is 1. The van der Waals surface area contributed by atoms with Gasteiger partial charge in [0.15, 0.2) is 0 Å². The second-order valence-corrected chi connectivity index (χ2v) is 5.56. The summed E-state index contributed by atoms with van der Waals surface area (Å²) in [5.41, 5.74) is 2.89. The molecule has 0 bridgehead atoms. The van der Waals surface area contributed by atoms with Gasteiger partial charge in [-0.15, -0.1) is 0 Å². The molecule has 1 amide bonds. The van der Waals surface area contributed by atoms with Crippen molar-refractivity contribution in [1.29, 1.82) is 0 Å². The molecule has 0 aliphatic heterocycles. The van der Waals surface area contributed by atoms with Crippen molar-refractivity contribution < 1.29 is 14.7 Å². The van der Waals surface area contributed by atoms with Gasteiger partial charge >= 0.3 is 0 Å². The number of carboxylic acids is 1. The van der Waals surface area contributed by atoms with Crippen LogP contribution in [0.25, 0.3) is 0 Å². The molecule has 128 valence electrons. The van der Waals surface area contributed by atoms with Crippen LogP contribution in [-0.2, 0) is 9.59 Å². The number of aromatic nitrogens is 2. The van der Waals surface area contributed by atoms with Crippen molar-refractivity contribution in [2.75, 3.05) is 10.6 Å². The van der Waals surface area contributed by atoms with Crippen molar-refractivity contribution in [1.82, 2.24) is 9.97 Å². The summed E-state index contributed by atoms with van der Waals surface area (Å²) in [4.78, 5) is 30.7.